The summed E-state index contributed by atoms with van der Waals surface area (Å²) in [7, 11) is 2.18. The lowest BCUT2D eigenvalue weighted by atomic mass is 9.40. The Morgan fingerprint density at radius 1 is 1.06 bits per heavy atom. The molecule has 104 valence electrons. The molecule has 0 aliphatic heterocycles. The van der Waals surface area contributed by atoms with Gasteiger partial charge in [-0.1, -0.05) is 13.8 Å². The first-order chi connectivity index (χ1) is 8.36. The Morgan fingerprint density at radius 3 is 2.17 bits per heavy atom. The van der Waals surface area contributed by atoms with Crippen molar-refractivity contribution < 1.29 is 5.11 Å². The summed E-state index contributed by atoms with van der Waals surface area (Å²) >= 11 is 0. The number of aliphatic hydroxyl groups is 1. The normalized spacial score (nSPS) is 50.2. The highest BCUT2D eigenvalue weighted by molar-refractivity contribution is 5.10. The summed E-state index contributed by atoms with van der Waals surface area (Å²) in [6.45, 7) is 7.41. The predicted octanol–water partition coefficient (Wildman–Crippen LogP) is 2.91. The fourth-order valence-electron chi connectivity index (χ4n) is 6.68. The SMILES string of the molecule is CN(CCO)CC12CC3CC(C)(CC(C)(C3)C1)C2. The summed E-state index contributed by atoms with van der Waals surface area (Å²) in [5.74, 6) is 0.985. The van der Waals surface area contributed by atoms with Crippen LogP contribution >= 0.6 is 0 Å². The molecule has 4 bridgehead atoms. The molecule has 18 heavy (non-hydrogen) atoms. The summed E-state index contributed by atoms with van der Waals surface area (Å²) in [5.41, 5.74) is 1.80. The molecule has 0 spiro atoms. The van der Waals surface area contributed by atoms with E-state index >= 15 is 0 Å². The van der Waals surface area contributed by atoms with Crippen LogP contribution in [0.3, 0.4) is 0 Å². The third-order valence-electron chi connectivity index (χ3n) is 5.83. The van der Waals surface area contributed by atoms with Crippen LogP contribution < -0.4 is 0 Å². The maximum atomic E-state index is 9.11. The molecule has 4 saturated carbocycles. The summed E-state index contributed by atoms with van der Waals surface area (Å²) < 4.78 is 0. The zero-order valence-corrected chi connectivity index (χ0v) is 12.3. The highest BCUT2D eigenvalue weighted by atomic mass is 16.3. The topological polar surface area (TPSA) is 23.5 Å². The third kappa shape index (κ3) is 2.12. The van der Waals surface area contributed by atoms with Crippen LogP contribution in [0.25, 0.3) is 0 Å². The zero-order valence-electron chi connectivity index (χ0n) is 12.3. The molecule has 2 atom stereocenters. The van der Waals surface area contributed by atoms with E-state index in [1.807, 2.05) is 0 Å². The van der Waals surface area contributed by atoms with Gasteiger partial charge in [-0.15, -0.1) is 0 Å². The van der Waals surface area contributed by atoms with Gasteiger partial charge in [-0.2, -0.15) is 0 Å². The van der Waals surface area contributed by atoms with Gasteiger partial charge in [0.05, 0.1) is 6.61 Å². The first kappa shape index (κ1) is 12.9. The van der Waals surface area contributed by atoms with Gasteiger partial charge in [0.15, 0.2) is 0 Å². The fraction of sp³-hybridized carbons (Fsp3) is 1.00. The van der Waals surface area contributed by atoms with E-state index in [1.165, 1.54) is 45.1 Å². The minimum atomic E-state index is 0.296. The number of likely N-dealkylation sites (N-methyl/N-ethyl adjacent to an activating group) is 1. The molecule has 0 aromatic carbocycles. The van der Waals surface area contributed by atoms with E-state index in [0.29, 0.717) is 22.9 Å². The molecule has 0 amide bonds. The maximum absolute atomic E-state index is 9.11. The number of aliphatic hydroxyl groups excluding tert-OH is 1. The summed E-state index contributed by atoms with van der Waals surface area (Å²) in [6.07, 6.45) is 8.74. The van der Waals surface area contributed by atoms with E-state index in [0.717, 1.165) is 12.5 Å². The third-order valence-corrected chi connectivity index (χ3v) is 5.83. The summed E-state index contributed by atoms with van der Waals surface area (Å²) in [4.78, 5) is 2.36. The standard InChI is InChI=1S/C16H29NO/c1-14-6-13-7-15(2,9-14)11-16(8-13,10-14)12-17(3)4-5-18/h13,18H,4-12H2,1-3H3. The van der Waals surface area contributed by atoms with E-state index in [9.17, 15) is 0 Å². The van der Waals surface area contributed by atoms with Gasteiger partial charge in [0.1, 0.15) is 0 Å². The lowest BCUT2D eigenvalue weighted by molar-refractivity contribution is -0.151. The second-order valence-corrected chi connectivity index (χ2v) is 8.59. The Morgan fingerprint density at radius 2 is 1.67 bits per heavy atom. The largest absolute Gasteiger partial charge is 0.395 e. The smallest absolute Gasteiger partial charge is 0.0558 e. The number of hydrogen-bond acceptors (Lipinski definition) is 2. The van der Waals surface area contributed by atoms with Crippen molar-refractivity contribution in [3.05, 3.63) is 0 Å². The second-order valence-electron chi connectivity index (χ2n) is 8.59. The Labute approximate surface area is 112 Å². The van der Waals surface area contributed by atoms with E-state index in [1.54, 1.807) is 0 Å². The molecule has 2 nitrogen and oxygen atoms in total. The molecule has 4 fully saturated rings. The molecule has 4 aliphatic carbocycles. The monoisotopic (exact) mass is 251 g/mol. The quantitative estimate of drug-likeness (QED) is 0.830. The van der Waals surface area contributed by atoms with Crippen LogP contribution in [0.2, 0.25) is 0 Å². The molecule has 4 aliphatic rings. The van der Waals surface area contributed by atoms with Crippen molar-refractivity contribution in [1.29, 1.82) is 0 Å². The molecule has 0 aromatic rings. The van der Waals surface area contributed by atoms with E-state index in [4.69, 9.17) is 5.11 Å². The van der Waals surface area contributed by atoms with Crippen molar-refractivity contribution in [1.82, 2.24) is 4.90 Å². The van der Waals surface area contributed by atoms with Crippen LogP contribution in [0.4, 0.5) is 0 Å². The Kier molecular flexibility index (Phi) is 2.84. The molecule has 0 radical (unpaired) electrons. The Bertz CT molecular complexity index is 322. The van der Waals surface area contributed by atoms with Gasteiger partial charge in [-0.3, -0.25) is 0 Å². The Hall–Kier alpha value is -0.0800. The van der Waals surface area contributed by atoms with Crippen molar-refractivity contribution in [2.45, 2.75) is 52.4 Å². The molecule has 2 heteroatoms. The molecule has 0 heterocycles. The highest BCUT2D eigenvalue weighted by Crippen LogP contribution is 2.69. The van der Waals surface area contributed by atoms with Crippen molar-refractivity contribution in [3.8, 4) is 0 Å². The molecule has 4 rings (SSSR count). The predicted molar refractivity (Wildman–Crippen MR) is 74.4 cm³/mol. The highest BCUT2D eigenvalue weighted by Gasteiger charge is 2.59. The fourth-order valence-corrected chi connectivity index (χ4v) is 6.68. The average molecular weight is 251 g/mol. The van der Waals surface area contributed by atoms with Crippen LogP contribution in [0, 0.1) is 22.2 Å². The van der Waals surface area contributed by atoms with Gasteiger partial charge in [0.25, 0.3) is 0 Å². The van der Waals surface area contributed by atoms with Gasteiger partial charge in [0.2, 0.25) is 0 Å². The minimum absolute atomic E-state index is 0.296. The number of nitrogens with zero attached hydrogens (tertiary/aromatic N) is 1. The van der Waals surface area contributed by atoms with Crippen molar-refractivity contribution in [3.63, 3.8) is 0 Å². The first-order valence-corrected chi connectivity index (χ1v) is 7.66. The number of rotatable bonds is 4. The van der Waals surface area contributed by atoms with Crippen LogP contribution in [-0.2, 0) is 0 Å². The van der Waals surface area contributed by atoms with Crippen molar-refractivity contribution in [2.24, 2.45) is 22.2 Å². The van der Waals surface area contributed by atoms with Crippen molar-refractivity contribution >= 4 is 0 Å². The second kappa shape index (κ2) is 3.96. The first-order valence-electron chi connectivity index (χ1n) is 7.66. The Balaban J connectivity index is 1.80. The van der Waals surface area contributed by atoms with Crippen molar-refractivity contribution in [2.75, 3.05) is 26.7 Å². The molecular weight excluding hydrogens is 222 g/mol. The minimum Gasteiger partial charge on any atom is -0.395 e. The van der Waals surface area contributed by atoms with Crippen LogP contribution in [0.15, 0.2) is 0 Å². The molecule has 2 unspecified atom stereocenters. The molecule has 1 N–H and O–H groups in total. The zero-order chi connectivity index (χ0) is 13.0. The van der Waals surface area contributed by atoms with Gasteiger partial charge in [0, 0.05) is 13.1 Å². The van der Waals surface area contributed by atoms with Crippen LogP contribution in [0.5, 0.6) is 0 Å². The number of hydrogen-bond donors (Lipinski definition) is 1. The van der Waals surface area contributed by atoms with E-state index < -0.39 is 0 Å². The molecule has 0 saturated heterocycles. The molecule has 0 aromatic heterocycles. The lowest BCUT2D eigenvalue weighted by Gasteiger charge is -2.66. The van der Waals surface area contributed by atoms with Crippen LogP contribution in [0.1, 0.15) is 52.4 Å². The molecular formula is C16H29NO. The lowest BCUT2D eigenvalue weighted by Crippen LogP contribution is -2.57. The van der Waals surface area contributed by atoms with Crippen LogP contribution in [-0.4, -0.2) is 36.8 Å². The maximum Gasteiger partial charge on any atom is 0.0558 e. The van der Waals surface area contributed by atoms with Gasteiger partial charge in [-0.05, 0) is 67.7 Å². The van der Waals surface area contributed by atoms with Gasteiger partial charge in [-0.25, -0.2) is 0 Å². The van der Waals surface area contributed by atoms with Gasteiger partial charge < -0.3 is 10.0 Å². The van der Waals surface area contributed by atoms with E-state index in [2.05, 4.69) is 25.8 Å². The summed E-state index contributed by atoms with van der Waals surface area (Å²) in [6, 6.07) is 0. The average Bonchev–Trinajstić information content (AvgIpc) is 2.09. The summed E-state index contributed by atoms with van der Waals surface area (Å²) in [5, 5.41) is 9.11. The van der Waals surface area contributed by atoms with Gasteiger partial charge >= 0.3 is 0 Å². The van der Waals surface area contributed by atoms with E-state index in [-0.39, 0.29) is 0 Å².